The summed E-state index contributed by atoms with van der Waals surface area (Å²) in [6.07, 6.45) is -0.497. The number of nitrogens with one attached hydrogen (secondary N) is 3. The molecule has 0 spiro atoms. The highest BCUT2D eigenvalue weighted by Gasteiger charge is 2.33. The fraction of sp³-hybridized carbons (Fsp3) is 0.375. The van der Waals surface area contributed by atoms with Gasteiger partial charge in [0.2, 0.25) is 17.7 Å². The number of carboxylic acids is 1. The number of unbranched alkanes of at least 4 members (excludes halogenated alkanes) is 2. The third-order valence-electron chi connectivity index (χ3n) is 7.91. The van der Waals surface area contributed by atoms with Crippen LogP contribution < -0.4 is 20.7 Å². The lowest BCUT2D eigenvalue weighted by atomic mass is 10.0. The highest BCUT2D eigenvalue weighted by molar-refractivity contribution is 5.98. The third-order valence-corrected chi connectivity index (χ3v) is 7.91. The Morgan fingerprint density at radius 1 is 0.667 bits per heavy atom. The maximum atomic E-state index is 13.3. The van der Waals surface area contributed by atoms with E-state index in [1.807, 2.05) is 19.1 Å². The van der Waals surface area contributed by atoms with Gasteiger partial charge in [-0.2, -0.15) is 0 Å². The van der Waals surface area contributed by atoms with Crippen molar-refractivity contribution in [1.82, 2.24) is 16.0 Å². The number of ether oxygens (including phenoxy) is 3. The Morgan fingerprint density at radius 2 is 1.24 bits per heavy atom. The molecular formula is C40H47N3O11. The predicted molar refractivity (Wildman–Crippen MR) is 196 cm³/mol. The van der Waals surface area contributed by atoms with Gasteiger partial charge in [0.05, 0.1) is 6.42 Å². The van der Waals surface area contributed by atoms with Crippen LogP contribution in [0.3, 0.4) is 0 Å². The van der Waals surface area contributed by atoms with Gasteiger partial charge in [-0.1, -0.05) is 92.6 Å². The summed E-state index contributed by atoms with van der Waals surface area (Å²) in [4.78, 5) is 88.1. The standard InChI is InChI=1S/C40H47N3O11/c1-3-4-11-22-41-37(48)33(43-38(49)32(23-27(2)44)42-34(45)20-21-35(46)47)24-28-16-18-31(19-17-28)54-36(39(50)52-25-29-12-7-5-8-13-29)40(51)53-26-30-14-9-6-10-15-30/h5-10,12-19,32-33,36H,3-4,11,20-26H2,1-2H3,(H,41,48)(H,42,45)(H,43,49)(H,46,47). The zero-order valence-corrected chi connectivity index (χ0v) is 30.4. The fourth-order valence-corrected chi connectivity index (χ4v) is 5.05. The van der Waals surface area contributed by atoms with E-state index < -0.39 is 72.4 Å². The van der Waals surface area contributed by atoms with Crippen molar-refractivity contribution in [3.05, 3.63) is 102 Å². The number of ketones is 1. The molecule has 2 unspecified atom stereocenters. The number of esters is 2. The second-order valence-corrected chi connectivity index (χ2v) is 12.5. The Labute approximate surface area is 313 Å². The summed E-state index contributed by atoms with van der Waals surface area (Å²) in [5.74, 6) is -5.44. The Balaban J connectivity index is 1.76. The second-order valence-electron chi connectivity index (χ2n) is 12.5. The minimum absolute atomic E-state index is 0.0208. The summed E-state index contributed by atoms with van der Waals surface area (Å²) >= 11 is 0. The summed E-state index contributed by atoms with van der Waals surface area (Å²) in [6, 6.07) is 21.5. The second kappa shape index (κ2) is 22.8. The van der Waals surface area contributed by atoms with Crippen LogP contribution >= 0.6 is 0 Å². The van der Waals surface area contributed by atoms with E-state index in [0.717, 1.165) is 12.8 Å². The van der Waals surface area contributed by atoms with Gasteiger partial charge in [-0.05, 0) is 42.2 Å². The average Bonchev–Trinajstić information content (AvgIpc) is 3.16. The molecule has 14 nitrogen and oxygen atoms in total. The summed E-state index contributed by atoms with van der Waals surface area (Å²) in [5, 5.41) is 16.7. The van der Waals surface area contributed by atoms with E-state index in [9.17, 15) is 33.6 Å². The number of rotatable bonds is 23. The molecule has 14 heteroatoms. The molecule has 0 aliphatic heterocycles. The zero-order valence-electron chi connectivity index (χ0n) is 30.4. The molecule has 0 heterocycles. The first-order valence-corrected chi connectivity index (χ1v) is 17.7. The van der Waals surface area contributed by atoms with Crippen LogP contribution in [-0.4, -0.2) is 71.3 Å². The summed E-state index contributed by atoms with van der Waals surface area (Å²) in [5.41, 5.74) is 1.96. The van der Waals surface area contributed by atoms with Crippen molar-refractivity contribution in [1.29, 1.82) is 0 Å². The van der Waals surface area contributed by atoms with Gasteiger partial charge in [0, 0.05) is 25.8 Å². The smallest absolute Gasteiger partial charge is 0.359 e. The molecule has 3 aromatic carbocycles. The molecule has 4 N–H and O–H groups in total. The summed E-state index contributed by atoms with van der Waals surface area (Å²) in [6.45, 7) is 3.41. The van der Waals surface area contributed by atoms with Gasteiger partial charge >= 0.3 is 17.9 Å². The van der Waals surface area contributed by atoms with Crippen LogP contribution in [-0.2, 0) is 62.7 Å². The van der Waals surface area contributed by atoms with Gasteiger partial charge in [-0.3, -0.25) is 24.0 Å². The zero-order chi connectivity index (χ0) is 39.3. The van der Waals surface area contributed by atoms with E-state index in [1.54, 1.807) is 60.7 Å². The highest BCUT2D eigenvalue weighted by atomic mass is 16.6. The molecule has 0 saturated carbocycles. The maximum Gasteiger partial charge on any atom is 0.359 e. The Kier molecular flexibility index (Phi) is 17.9. The lowest BCUT2D eigenvalue weighted by Crippen LogP contribution is -2.55. The van der Waals surface area contributed by atoms with Crippen molar-refractivity contribution in [3.8, 4) is 5.75 Å². The molecule has 0 aromatic heterocycles. The average molecular weight is 746 g/mol. The van der Waals surface area contributed by atoms with E-state index in [-0.39, 0.29) is 31.8 Å². The van der Waals surface area contributed by atoms with Crippen molar-refractivity contribution in [2.75, 3.05) is 6.54 Å². The summed E-state index contributed by atoms with van der Waals surface area (Å²) in [7, 11) is 0. The van der Waals surface area contributed by atoms with Crippen molar-refractivity contribution < 1.29 is 52.9 Å². The van der Waals surface area contributed by atoms with E-state index in [2.05, 4.69) is 16.0 Å². The molecule has 0 fully saturated rings. The van der Waals surface area contributed by atoms with E-state index in [4.69, 9.17) is 19.3 Å². The molecule has 0 radical (unpaired) electrons. The number of amides is 3. The Hall–Kier alpha value is -6.05. The largest absolute Gasteiger partial charge is 0.481 e. The van der Waals surface area contributed by atoms with Crippen LogP contribution in [0.2, 0.25) is 0 Å². The molecule has 0 aliphatic carbocycles. The van der Waals surface area contributed by atoms with E-state index >= 15 is 0 Å². The molecule has 3 rings (SSSR count). The van der Waals surface area contributed by atoms with Crippen molar-refractivity contribution in [2.24, 2.45) is 0 Å². The predicted octanol–water partition coefficient (Wildman–Crippen LogP) is 3.58. The SMILES string of the molecule is CCCCCNC(=O)C(Cc1ccc(OC(C(=O)OCc2ccccc2)C(=O)OCc2ccccc2)cc1)NC(=O)C(CC(C)=O)NC(=O)CCC(=O)O. The highest BCUT2D eigenvalue weighted by Crippen LogP contribution is 2.18. The molecular weight excluding hydrogens is 698 g/mol. The first-order valence-electron chi connectivity index (χ1n) is 17.7. The van der Waals surface area contributed by atoms with Crippen LogP contribution in [0.1, 0.15) is 69.1 Å². The molecule has 0 aliphatic rings. The number of carbonyl (C=O) groups is 7. The maximum absolute atomic E-state index is 13.3. The van der Waals surface area contributed by atoms with Crippen molar-refractivity contribution in [2.45, 2.75) is 90.2 Å². The van der Waals surface area contributed by atoms with Crippen molar-refractivity contribution in [3.63, 3.8) is 0 Å². The monoisotopic (exact) mass is 745 g/mol. The van der Waals surface area contributed by atoms with Crippen LogP contribution in [0.25, 0.3) is 0 Å². The molecule has 0 saturated heterocycles. The Bertz CT molecular complexity index is 1640. The summed E-state index contributed by atoms with van der Waals surface area (Å²) < 4.78 is 16.6. The number of carboxylic acid groups (broad SMARTS) is 1. The first-order chi connectivity index (χ1) is 25.9. The van der Waals surface area contributed by atoms with Crippen molar-refractivity contribution >= 4 is 41.4 Å². The van der Waals surface area contributed by atoms with E-state index in [1.165, 1.54) is 19.1 Å². The minimum Gasteiger partial charge on any atom is -0.481 e. The minimum atomic E-state index is -1.76. The number of hydrogen-bond donors (Lipinski definition) is 4. The topological polar surface area (TPSA) is 203 Å². The lowest BCUT2D eigenvalue weighted by Gasteiger charge is -2.23. The van der Waals surface area contributed by atoms with Crippen LogP contribution in [0.5, 0.6) is 5.75 Å². The van der Waals surface area contributed by atoms with Crippen LogP contribution in [0.4, 0.5) is 0 Å². The van der Waals surface area contributed by atoms with Crippen LogP contribution in [0.15, 0.2) is 84.9 Å². The normalized spacial score (nSPS) is 11.8. The van der Waals surface area contributed by atoms with Gasteiger partial charge in [0.1, 0.15) is 36.8 Å². The molecule has 3 amide bonds. The third kappa shape index (κ3) is 15.7. The van der Waals surface area contributed by atoms with Gasteiger partial charge in [-0.15, -0.1) is 0 Å². The molecule has 54 heavy (non-hydrogen) atoms. The van der Waals surface area contributed by atoms with Gasteiger partial charge in [-0.25, -0.2) is 9.59 Å². The first kappa shape index (κ1) is 42.4. The van der Waals surface area contributed by atoms with Gasteiger partial charge in [0.25, 0.3) is 6.10 Å². The number of carbonyl (C=O) groups excluding carboxylic acids is 6. The number of hydrogen-bond acceptors (Lipinski definition) is 10. The quantitative estimate of drug-likeness (QED) is 0.0628. The Morgan fingerprint density at radius 3 is 1.76 bits per heavy atom. The lowest BCUT2D eigenvalue weighted by molar-refractivity contribution is -0.168. The van der Waals surface area contributed by atoms with E-state index in [0.29, 0.717) is 29.7 Å². The number of Topliss-reactive ketones (excluding diaryl/α,β-unsaturated/α-hetero) is 1. The van der Waals surface area contributed by atoms with Crippen LogP contribution in [0, 0.1) is 0 Å². The van der Waals surface area contributed by atoms with Gasteiger partial charge < -0.3 is 35.3 Å². The molecule has 0 bridgehead atoms. The molecule has 2 atom stereocenters. The fourth-order valence-electron chi connectivity index (χ4n) is 5.05. The molecule has 288 valence electrons. The van der Waals surface area contributed by atoms with Gasteiger partial charge in [0.15, 0.2) is 0 Å². The number of aliphatic carboxylic acids is 1. The molecule has 3 aromatic rings. The number of benzene rings is 3.